The first kappa shape index (κ1) is 14.5. The highest BCUT2D eigenvalue weighted by atomic mass is 15.4. The second-order valence-electron chi connectivity index (χ2n) is 6.98. The van der Waals surface area contributed by atoms with Crippen LogP contribution in [0.3, 0.4) is 0 Å². The first-order chi connectivity index (χ1) is 11.2. The van der Waals surface area contributed by atoms with E-state index in [9.17, 15) is 5.26 Å². The number of aromatic nitrogens is 2. The number of hydrogen-bond donors (Lipinski definition) is 0. The van der Waals surface area contributed by atoms with Gasteiger partial charge in [-0.3, -0.25) is 9.30 Å². The van der Waals surface area contributed by atoms with Gasteiger partial charge in [-0.2, -0.15) is 5.26 Å². The minimum atomic E-state index is 0.149. The van der Waals surface area contributed by atoms with E-state index in [1.54, 1.807) is 0 Å². The van der Waals surface area contributed by atoms with Crippen LogP contribution in [0.2, 0.25) is 0 Å². The highest BCUT2D eigenvalue weighted by Gasteiger charge is 2.32. The Morgan fingerprint density at radius 1 is 1.35 bits per heavy atom. The van der Waals surface area contributed by atoms with Gasteiger partial charge >= 0.3 is 0 Å². The lowest BCUT2D eigenvalue weighted by atomic mass is 9.85. The standard InChI is InChI=1S/C18H23N5/c1-21(2)17-4-3-8-23(17)18-15-6-5-13(12-19)10-14(15)11-16-20-7-9-22(16)18/h7,9,11,13,17H,3-6,8,10H2,1-2H3. The predicted molar refractivity (Wildman–Crippen MR) is 90.4 cm³/mol. The van der Waals surface area contributed by atoms with Gasteiger partial charge in [0, 0.05) is 18.9 Å². The zero-order valence-corrected chi connectivity index (χ0v) is 13.9. The molecule has 23 heavy (non-hydrogen) atoms. The maximum absolute atomic E-state index is 9.30. The molecule has 2 aromatic rings. The lowest BCUT2D eigenvalue weighted by Crippen LogP contribution is -2.42. The van der Waals surface area contributed by atoms with Gasteiger partial charge in [-0.05, 0) is 63.4 Å². The summed E-state index contributed by atoms with van der Waals surface area (Å²) in [4.78, 5) is 9.38. The average Bonchev–Trinajstić information content (AvgIpc) is 3.20. The zero-order valence-electron chi connectivity index (χ0n) is 13.9. The van der Waals surface area contributed by atoms with Crippen molar-refractivity contribution in [3.05, 3.63) is 29.6 Å². The molecule has 1 fully saturated rings. The smallest absolute Gasteiger partial charge is 0.138 e. The Morgan fingerprint density at radius 2 is 2.22 bits per heavy atom. The van der Waals surface area contributed by atoms with Crippen LogP contribution in [-0.4, -0.2) is 41.1 Å². The van der Waals surface area contributed by atoms with Crippen LogP contribution in [0.5, 0.6) is 0 Å². The Bertz CT molecular complexity index is 770. The van der Waals surface area contributed by atoms with Gasteiger partial charge in [0.25, 0.3) is 0 Å². The lowest BCUT2D eigenvalue weighted by Gasteiger charge is -2.35. The molecular formula is C18H23N5. The molecule has 0 N–H and O–H groups in total. The van der Waals surface area contributed by atoms with Crippen LogP contribution in [0.1, 0.15) is 30.4 Å². The number of nitrogens with zero attached hydrogens (tertiary/aromatic N) is 5. The number of fused-ring (bicyclic) bond motifs is 2. The van der Waals surface area contributed by atoms with E-state index in [0.29, 0.717) is 6.17 Å². The number of anilines is 1. The predicted octanol–water partition coefficient (Wildman–Crippen LogP) is 2.45. The molecule has 1 aliphatic carbocycles. The van der Waals surface area contributed by atoms with Crippen LogP contribution in [0.4, 0.5) is 5.82 Å². The molecule has 0 amide bonds. The summed E-state index contributed by atoms with van der Waals surface area (Å²) in [5.41, 5.74) is 3.75. The summed E-state index contributed by atoms with van der Waals surface area (Å²) < 4.78 is 2.24. The van der Waals surface area contributed by atoms with Gasteiger partial charge in [-0.25, -0.2) is 4.98 Å². The fourth-order valence-electron chi connectivity index (χ4n) is 4.23. The number of imidazole rings is 1. The third kappa shape index (κ3) is 2.29. The van der Waals surface area contributed by atoms with E-state index in [4.69, 9.17) is 0 Å². The molecule has 1 saturated heterocycles. The number of rotatable bonds is 2. The van der Waals surface area contributed by atoms with Crippen molar-refractivity contribution in [2.75, 3.05) is 25.5 Å². The van der Waals surface area contributed by atoms with E-state index in [0.717, 1.165) is 31.5 Å². The molecule has 1 aliphatic heterocycles. The molecule has 0 radical (unpaired) electrons. The van der Waals surface area contributed by atoms with Crippen LogP contribution in [0, 0.1) is 17.2 Å². The molecule has 0 spiro atoms. The summed E-state index contributed by atoms with van der Waals surface area (Å²) in [5.74, 6) is 1.46. The van der Waals surface area contributed by atoms with Gasteiger partial charge in [0.05, 0.1) is 18.2 Å². The third-order valence-corrected chi connectivity index (χ3v) is 5.34. The molecule has 2 atom stereocenters. The Labute approximate surface area is 137 Å². The number of nitriles is 1. The molecule has 0 bridgehead atoms. The molecule has 120 valence electrons. The van der Waals surface area contributed by atoms with Crippen molar-refractivity contribution in [3.8, 4) is 6.07 Å². The minimum Gasteiger partial charge on any atom is -0.342 e. The Hall–Kier alpha value is -2.06. The van der Waals surface area contributed by atoms with Gasteiger partial charge < -0.3 is 4.90 Å². The van der Waals surface area contributed by atoms with Crippen LogP contribution < -0.4 is 4.90 Å². The summed E-state index contributed by atoms with van der Waals surface area (Å²) in [6.45, 7) is 1.09. The Balaban J connectivity index is 1.88. The summed E-state index contributed by atoms with van der Waals surface area (Å²) in [7, 11) is 4.32. The van der Waals surface area contributed by atoms with Crippen LogP contribution in [0.25, 0.3) is 5.65 Å². The first-order valence-corrected chi connectivity index (χ1v) is 8.49. The molecule has 0 saturated carbocycles. The summed E-state index contributed by atoms with van der Waals surface area (Å²) in [5, 5.41) is 9.30. The fourth-order valence-corrected chi connectivity index (χ4v) is 4.23. The van der Waals surface area contributed by atoms with E-state index < -0.39 is 0 Å². The van der Waals surface area contributed by atoms with E-state index in [2.05, 4.69) is 51.6 Å². The van der Waals surface area contributed by atoms with Crippen molar-refractivity contribution in [3.63, 3.8) is 0 Å². The van der Waals surface area contributed by atoms with E-state index in [1.165, 1.54) is 29.8 Å². The van der Waals surface area contributed by atoms with E-state index >= 15 is 0 Å². The maximum atomic E-state index is 9.30. The number of pyridine rings is 1. The average molecular weight is 309 g/mol. The molecule has 4 rings (SSSR count). The van der Waals surface area contributed by atoms with Crippen LogP contribution in [-0.2, 0) is 12.8 Å². The second-order valence-corrected chi connectivity index (χ2v) is 6.98. The van der Waals surface area contributed by atoms with Gasteiger partial charge in [0.1, 0.15) is 11.5 Å². The largest absolute Gasteiger partial charge is 0.342 e. The lowest BCUT2D eigenvalue weighted by molar-refractivity contribution is 0.299. The SMILES string of the molecule is CN(C)C1CCCN1c1c2c(cc3nccn13)CC(C#N)CC2. The highest BCUT2D eigenvalue weighted by molar-refractivity contribution is 5.62. The molecule has 5 nitrogen and oxygen atoms in total. The maximum Gasteiger partial charge on any atom is 0.138 e. The van der Waals surface area contributed by atoms with Gasteiger partial charge in [0.2, 0.25) is 0 Å². The van der Waals surface area contributed by atoms with Crippen LogP contribution in [0.15, 0.2) is 18.5 Å². The Morgan fingerprint density at radius 3 is 3.00 bits per heavy atom. The van der Waals surface area contributed by atoms with Gasteiger partial charge in [-0.15, -0.1) is 0 Å². The molecule has 5 heteroatoms. The second kappa shape index (κ2) is 5.54. The van der Waals surface area contributed by atoms with Crippen molar-refractivity contribution in [2.24, 2.45) is 5.92 Å². The fraction of sp³-hybridized carbons (Fsp3) is 0.556. The minimum absolute atomic E-state index is 0.149. The monoisotopic (exact) mass is 309 g/mol. The van der Waals surface area contributed by atoms with Crippen molar-refractivity contribution >= 4 is 11.5 Å². The molecular weight excluding hydrogens is 286 g/mol. The van der Waals surface area contributed by atoms with Crippen molar-refractivity contribution < 1.29 is 0 Å². The molecule has 2 aromatic heterocycles. The molecule has 0 aromatic carbocycles. The third-order valence-electron chi connectivity index (χ3n) is 5.34. The summed E-state index contributed by atoms with van der Waals surface area (Å²) >= 11 is 0. The van der Waals surface area contributed by atoms with Gasteiger partial charge in [0.15, 0.2) is 0 Å². The van der Waals surface area contributed by atoms with Crippen LogP contribution >= 0.6 is 0 Å². The molecule has 2 unspecified atom stereocenters. The highest BCUT2D eigenvalue weighted by Crippen LogP contribution is 2.37. The van der Waals surface area contributed by atoms with E-state index in [-0.39, 0.29) is 5.92 Å². The van der Waals surface area contributed by atoms with Crippen molar-refractivity contribution in [1.29, 1.82) is 5.26 Å². The van der Waals surface area contributed by atoms with Crippen molar-refractivity contribution in [2.45, 2.75) is 38.3 Å². The Kier molecular flexibility index (Phi) is 3.50. The molecule has 3 heterocycles. The number of hydrogen-bond acceptors (Lipinski definition) is 4. The van der Waals surface area contributed by atoms with Gasteiger partial charge in [-0.1, -0.05) is 0 Å². The molecule has 2 aliphatic rings. The normalized spacial score (nSPS) is 24.2. The summed E-state index contributed by atoms with van der Waals surface area (Å²) in [6, 6.07) is 4.64. The summed E-state index contributed by atoms with van der Waals surface area (Å²) in [6.07, 6.45) is 9.66. The first-order valence-electron chi connectivity index (χ1n) is 8.49. The zero-order chi connectivity index (χ0) is 16.0. The topological polar surface area (TPSA) is 47.6 Å². The quantitative estimate of drug-likeness (QED) is 0.855. The van der Waals surface area contributed by atoms with E-state index in [1.807, 2.05) is 6.20 Å². The van der Waals surface area contributed by atoms with Crippen molar-refractivity contribution in [1.82, 2.24) is 14.3 Å².